The molecule has 2 aromatic carbocycles. The Labute approximate surface area is 121 Å². The summed E-state index contributed by atoms with van der Waals surface area (Å²) in [5, 5.41) is 2.84. The third kappa shape index (κ3) is 4.50. The monoisotopic (exact) mass is 265 g/mol. The molecule has 5 heteroatoms. The molecule has 0 radical (unpaired) electrons. The van der Waals surface area contributed by atoms with Gasteiger partial charge in [-0.05, 0) is 19.1 Å². The van der Waals surface area contributed by atoms with Gasteiger partial charge in [0.25, 0.3) is 7.41 Å². The van der Waals surface area contributed by atoms with E-state index in [1.165, 1.54) is 11.0 Å². The molecule has 100 valence electrons. The van der Waals surface area contributed by atoms with Crippen LogP contribution in [0.2, 0.25) is 0 Å². The van der Waals surface area contributed by atoms with E-state index in [1.54, 1.807) is 0 Å². The van der Waals surface area contributed by atoms with Crippen molar-refractivity contribution in [2.75, 3.05) is 6.61 Å². The van der Waals surface area contributed by atoms with E-state index in [0.717, 1.165) is 5.46 Å². The molecule has 3 nitrogen and oxygen atoms in total. The van der Waals surface area contributed by atoms with E-state index in [-0.39, 0.29) is 12.5 Å². The number of amides is 1. The third-order valence-corrected chi connectivity index (χ3v) is 3.00. The van der Waals surface area contributed by atoms with Crippen LogP contribution in [0.5, 0.6) is 5.75 Å². The lowest BCUT2D eigenvalue weighted by Crippen LogP contribution is -2.38. The minimum Gasteiger partial charge on any atom is -0.484 e. The minimum atomic E-state index is -0.119. The zero-order chi connectivity index (χ0) is 14.4. The highest BCUT2D eigenvalue weighted by Gasteiger charge is 2.04. The molecule has 0 aromatic heterocycles. The van der Waals surface area contributed by atoms with Crippen molar-refractivity contribution in [3.8, 4) is 5.75 Å². The van der Waals surface area contributed by atoms with Gasteiger partial charge < -0.3 is 9.96 Å². The second-order valence-electron chi connectivity index (χ2n) is 4.86. The van der Waals surface area contributed by atoms with Crippen LogP contribution in [0.1, 0.15) is 5.56 Å². The molecule has 1 N–H and O–H groups in total. The molecule has 0 bridgehead atoms. The molecule has 1 amide bonds. The Morgan fingerprint density at radius 3 is 2.45 bits per heavy atom. The Morgan fingerprint density at radius 2 is 1.80 bits per heavy atom. The summed E-state index contributed by atoms with van der Waals surface area (Å²) in [6.07, 6.45) is 0. The quantitative estimate of drug-likeness (QED) is 0.735. The molecule has 0 fully saturated rings. The average Bonchev–Trinajstić information content (AvgIpc) is 2.46. The summed E-state index contributed by atoms with van der Waals surface area (Å²) in [7, 11) is 2.56. The fourth-order valence-electron chi connectivity index (χ4n) is 1.74. The SMILES string of the molecule is Bc1ccc(BNC(=O)COc2ccc(C)cc2)cc1. The fraction of sp³-hybridized carbons (Fsp3) is 0.133. The summed E-state index contributed by atoms with van der Waals surface area (Å²) in [6.45, 7) is 2.05. The highest BCUT2D eigenvalue weighted by atomic mass is 16.5. The predicted molar refractivity (Wildman–Crippen MR) is 86.2 cm³/mol. The molecule has 0 aliphatic heterocycles. The average molecular weight is 265 g/mol. The van der Waals surface area contributed by atoms with Gasteiger partial charge in [-0.1, -0.05) is 52.9 Å². The maximum Gasteiger partial charge on any atom is 0.270 e. The Hall–Kier alpha value is -2.16. The van der Waals surface area contributed by atoms with Crippen molar-refractivity contribution in [1.29, 1.82) is 0 Å². The first-order chi connectivity index (χ1) is 9.63. The largest absolute Gasteiger partial charge is 0.484 e. The van der Waals surface area contributed by atoms with Crippen molar-refractivity contribution in [1.82, 2.24) is 5.23 Å². The molecule has 0 unspecified atom stereocenters. The number of carbonyl (C=O) groups excluding carboxylic acids is 1. The molecule has 0 saturated carbocycles. The van der Waals surface area contributed by atoms with Crippen molar-refractivity contribution in [3.05, 3.63) is 54.1 Å². The molecule has 0 aliphatic carbocycles. The highest BCUT2D eigenvalue weighted by Crippen LogP contribution is 2.10. The number of carbonyl (C=O) groups is 1. The minimum absolute atomic E-state index is 0.0366. The van der Waals surface area contributed by atoms with E-state index < -0.39 is 0 Å². The van der Waals surface area contributed by atoms with Gasteiger partial charge in [0.05, 0.1) is 0 Å². The summed E-state index contributed by atoms with van der Waals surface area (Å²) in [5.41, 5.74) is 3.46. The van der Waals surface area contributed by atoms with Gasteiger partial charge in [0.2, 0.25) is 5.91 Å². The maximum atomic E-state index is 11.7. The molecule has 2 rings (SSSR count). The second kappa shape index (κ2) is 6.85. The van der Waals surface area contributed by atoms with Crippen LogP contribution in [0, 0.1) is 6.92 Å². The zero-order valence-corrected chi connectivity index (χ0v) is 11.8. The van der Waals surface area contributed by atoms with Crippen molar-refractivity contribution in [2.45, 2.75) is 6.92 Å². The van der Waals surface area contributed by atoms with Crippen LogP contribution in [0.4, 0.5) is 0 Å². The van der Waals surface area contributed by atoms with E-state index >= 15 is 0 Å². The number of rotatable bonds is 5. The molecule has 0 spiro atoms. The van der Waals surface area contributed by atoms with E-state index in [0.29, 0.717) is 13.2 Å². The topological polar surface area (TPSA) is 38.3 Å². The summed E-state index contributed by atoms with van der Waals surface area (Å²) in [6, 6.07) is 15.7. The van der Waals surface area contributed by atoms with Crippen molar-refractivity contribution < 1.29 is 9.53 Å². The normalized spacial score (nSPS) is 9.85. The van der Waals surface area contributed by atoms with Crippen molar-refractivity contribution in [2.24, 2.45) is 0 Å². The van der Waals surface area contributed by atoms with E-state index in [4.69, 9.17) is 4.74 Å². The van der Waals surface area contributed by atoms with Crippen LogP contribution in [-0.4, -0.2) is 27.8 Å². The van der Waals surface area contributed by atoms with Crippen LogP contribution >= 0.6 is 0 Å². The van der Waals surface area contributed by atoms with Gasteiger partial charge in [-0.2, -0.15) is 0 Å². The molecule has 0 saturated heterocycles. The smallest absolute Gasteiger partial charge is 0.270 e. The number of nitrogens with one attached hydrogen (secondary N) is 1. The van der Waals surface area contributed by atoms with Gasteiger partial charge in [-0.15, -0.1) is 0 Å². The summed E-state index contributed by atoms with van der Waals surface area (Å²) >= 11 is 0. The van der Waals surface area contributed by atoms with Crippen molar-refractivity contribution >= 4 is 32.1 Å². The van der Waals surface area contributed by atoms with Gasteiger partial charge >= 0.3 is 0 Å². The Morgan fingerprint density at radius 1 is 1.15 bits per heavy atom. The predicted octanol–water partition coefficient (Wildman–Crippen LogP) is -0.575. The first kappa shape index (κ1) is 14.3. The summed E-state index contributed by atoms with van der Waals surface area (Å²) in [4.78, 5) is 11.7. The molecule has 0 aliphatic rings. The van der Waals surface area contributed by atoms with Gasteiger partial charge in [0.1, 0.15) is 13.6 Å². The van der Waals surface area contributed by atoms with E-state index in [2.05, 4.69) is 5.23 Å². The maximum absolute atomic E-state index is 11.7. The number of aryl methyl sites for hydroxylation is 1. The number of hydrogen-bond acceptors (Lipinski definition) is 2. The lowest BCUT2D eigenvalue weighted by atomic mass is 9.81. The fourth-order valence-corrected chi connectivity index (χ4v) is 1.74. The molecule has 2 aromatic rings. The molecular weight excluding hydrogens is 248 g/mol. The van der Waals surface area contributed by atoms with Crippen LogP contribution in [-0.2, 0) is 4.79 Å². The highest BCUT2D eigenvalue weighted by molar-refractivity contribution is 6.54. The number of ether oxygens (including phenoxy) is 1. The molecule has 0 atom stereocenters. The van der Waals surface area contributed by atoms with Crippen LogP contribution in [0.15, 0.2) is 48.5 Å². The van der Waals surface area contributed by atoms with Crippen molar-refractivity contribution in [3.63, 3.8) is 0 Å². The van der Waals surface area contributed by atoms with Gasteiger partial charge in [0.15, 0.2) is 6.61 Å². The van der Waals surface area contributed by atoms with Gasteiger partial charge in [-0.3, -0.25) is 4.79 Å². The lowest BCUT2D eigenvalue weighted by molar-refractivity contribution is -0.121. The van der Waals surface area contributed by atoms with Gasteiger partial charge in [0, 0.05) is 0 Å². The first-order valence-corrected chi connectivity index (χ1v) is 6.65. The van der Waals surface area contributed by atoms with E-state index in [9.17, 15) is 4.79 Å². The third-order valence-electron chi connectivity index (χ3n) is 3.00. The van der Waals surface area contributed by atoms with Crippen LogP contribution in [0.3, 0.4) is 0 Å². The van der Waals surface area contributed by atoms with Crippen LogP contribution < -0.4 is 20.9 Å². The Balaban J connectivity index is 1.75. The molecule has 0 heterocycles. The summed E-state index contributed by atoms with van der Waals surface area (Å²) < 4.78 is 5.42. The lowest BCUT2D eigenvalue weighted by Gasteiger charge is -2.07. The number of benzene rings is 2. The molecular formula is C15H17B2NO2. The zero-order valence-electron chi connectivity index (χ0n) is 11.8. The second-order valence-corrected chi connectivity index (χ2v) is 4.86. The van der Waals surface area contributed by atoms with Crippen LogP contribution in [0.25, 0.3) is 0 Å². The van der Waals surface area contributed by atoms with E-state index in [1.807, 2.05) is 63.3 Å². The number of hydrogen-bond donors (Lipinski definition) is 1. The Kier molecular flexibility index (Phi) is 4.88. The molecule has 20 heavy (non-hydrogen) atoms. The summed E-state index contributed by atoms with van der Waals surface area (Å²) in [5.74, 6) is 0.590. The standard InChI is InChI=1S/C15H17B2NO2/c1-11-2-8-14(9-3-11)20-10-15(19)18-17-13-6-4-12(16)5-7-13/h2-9,17H,10,16H2,1H3,(H,18,19). The van der Waals surface area contributed by atoms with Gasteiger partial charge in [-0.25, -0.2) is 0 Å². The Bertz CT molecular complexity index is 516. The first-order valence-electron chi connectivity index (χ1n) is 6.65.